The van der Waals surface area contributed by atoms with Crippen LogP contribution in [0.15, 0.2) is 36.5 Å². The Morgan fingerprint density at radius 1 is 0.880 bits per heavy atom. The Morgan fingerprint density at radius 3 is 2.00 bits per heavy atom. The van der Waals surface area contributed by atoms with Gasteiger partial charge in [0.15, 0.2) is 6.20 Å². The van der Waals surface area contributed by atoms with E-state index in [2.05, 4.69) is 96.6 Å². The van der Waals surface area contributed by atoms with E-state index in [0.717, 1.165) is 19.3 Å². The molecule has 1 aromatic heterocycles. The highest BCUT2D eigenvalue weighted by Gasteiger charge is 2.34. The van der Waals surface area contributed by atoms with Gasteiger partial charge < -0.3 is 0 Å². The van der Waals surface area contributed by atoms with Crippen molar-refractivity contribution in [2.24, 2.45) is 7.05 Å². The smallest absolute Gasteiger partial charge is 0.201 e. The fourth-order valence-corrected chi connectivity index (χ4v) is 3.64. The molecule has 0 aliphatic rings. The molecule has 0 fully saturated rings. The summed E-state index contributed by atoms with van der Waals surface area (Å²) in [5.41, 5.74) is 7.41. The van der Waals surface area contributed by atoms with Crippen LogP contribution in [0.4, 0.5) is 0 Å². The standard InChI is InChI=1S/C24H36N/c1-9-23(5,6)21-17-25(8)22(19-15-13-12-14-18(19)4)16-20(21)24(7,10-2)11-3/h12-17H,9-11H2,1-8H3/q+1. The second-order valence-corrected chi connectivity index (χ2v) is 8.42. The van der Waals surface area contributed by atoms with Crippen LogP contribution >= 0.6 is 0 Å². The first-order chi connectivity index (χ1) is 11.7. The molecule has 25 heavy (non-hydrogen) atoms. The molecule has 0 saturated heterocycles. The number of pyridine rings is 1. The fourth-order valence-electron chi connectivity index (χ4n) is 3.64. The van der Waals surface area contributed by atoms with Crippen LogP contribution < -0.4 is 4.57 Å². The molecule has 2 rings (SSSR count). The van der Waals surface area contributed by atoms with Crippen LogP contribution in [0.5, 0.6) is 0 Å². The lowest BCUT2D eigenvalue weighted by atomic mass is 9.69. The van der Waals surface area contributed by atoms with Crippen LogP contribution in [0, 0.1) is 6.92 Å². The van der Waals surface area contributed by atoms with Gasteiger partial charge in [0.1, 0.15) is 7.05 Å². The van der Waals surface area contributed by atoms with Crippen molar-refractivity contribution < 1.29 is 4.57 Å². The van der Waals surface area contributed by atoms with Gasteiger partial charge in [-0.05, 0) is 54.2 Å². The molecule has 1 nitrogen and oxygen atoms in total. The molecular formula is C24H36N+. The van der Waals surface area contributed by atoms with Gasteiger partial charge in [-0.3, -0.25) is 0 Å². The molecule has 0 radical (unpaired) electrons. The van der Waals surface area contributed by atoms with Gasteiger partial charge >= 0.3 is 0 Å². The second kappa shape index (κ2) is 7.32. The van der Waals surface area contributed by atoms with Gasteiger partial charge in [-0.2, -0.15) is 0 Å². The van der Waals surface area contributed by atoms with Crippen LogP contribution in [-0.2, 0) is 17.9 Å². The third kappa shape index (κ3) is 3.66. The lowest BCUT2D eigenvalue weighted by Gasteiger charge is -2.34. The van der Waals surface area contributed by atoms with Crippen molar-refractivity contribution in [3.63, 3.8) is 0 Å². The maximum atomic E-state index is 2.47. The second-order valence-electron chi connectivity index (χ2n) is 8.42. The number of hydrogen-bond donors (Lipinski definition) is 0. The van der Waals surface area contributed by atoms with E-state index in [1.165, 1.54) is 27.9 Å². The highest BCUT2D eigenvalue weighted by Crippen LogP contribution is 2.40. The lowest BCUT2D eigenvalue weighted by molar-refractivity contribution is -0.661. The topological polar surface area (TPSA) is 3.88 Å². The molecule has 0 saturated carbocycles. The molecule has 0 aliphatic carbocycles. The minimum absolute atomic E-state index is 0.183. The van der Waals surface area contributed by atoms with Crippen LogP contribution in [0.3, 0.4) is 0 Å². The van der Waals surface area contributed by atoms with Crippen molar-refractivity contribution in [2.45, 2.75) is 78.6 Å². The molecule has 136 valence electrons. The zero-order chi connectivity index (χ0) is 18.8. The molecule has 0 bridgehead atoms. The number of aromatic nitrogens is 1. The van der Waals surface area contributed by atoms with Crippen LogP contribution in [-0.4, -0.2) is 0 Å². The van der Waals surface area contributed by atoms with Crippen molar-refractivity contribution in [1.82, 2.24) is 0 Å². The van der Waals surface area contributed by atoms with Crippen molar-refractivity contribution >= 4 is 0 Å². The fraction of sp³-hybridized carbons (Fsp3) is 0.542. The van der Waals surface area contributed by atoms with Crippen molar-refractivity contribution in [2.75, 3.05) is 0 Å². The molecule has 1 heterocycles. The first-order valence-corrected chi connectivity index (χ1v) is 9.80. The van der Waals surface area contributed by atoms with E-state index >= 15 is 0 Å². The summed E-state index contributed by atoms with van der Waals surface area (Å²) in [4.78, 5) is 0. The Bertz CT molecular complexity index is 736. The van der Waals surface area contributed by atoms with E-state index in [9.17, 15) is 0 Å². The third-order valence-electron chi connectivity index (χ3n) is 6.52. The van der Waals surface area contributed by atoms with Crippen molar-refractivity contribution in [1.29, 1.82) is 0 Å². The summed E-state index contributed by atoms with van der Waals surface area (Å²) in [6.45, 7) is 16.3. The van der Waals surface area contributed by atoms with Gasteiger partial charge in [0.05, 0.1) is 0 Å². The Kier molecular flexibility index (Phi) is 5.76. The van der Waals surface area contributed by atoms with E-state index in [0.29, 0.717) is 0 Å². The van der Waals surface area contributed by atoms with E-state index in [4.69, 9.17) is 0 Å². The number of hydrogen-bond acceptors (Lipinski definition) is 0. The minimum Gasteiger partial charge on any atom is -0.201 e. The minimum atomic E-state index is 0.183. The predicted molar refractivity (Wildman–Crippen MR) is 109 cm³/mol. The van der Waals surface area contributed by atoms with Gasteiger partial charge in [-0.1, -0.05) is 59.7 Å². The molecule has 2 aromatic rings. The van der Waals surface area contributed by atoms with Gasteiger partial charge in [-0.15, -0.1) is 0 Å². The van der Waals surface area contributed by atoms with Crippen LogP contribution in [0.1, 0.15) is 77.5 Å². The maximum absolute atomic E-state index is 2.47. The highest BCUT2D eigenvalue weighted by molar-refractivity contribution is 5.62. The number of aryl methyl sites for hydroxylation is 2. The number of nitrogens with zero attached hydrogens (tertiary/aromatic N) is 1. The van der Waals surface area contributed by atoms with Gasteiger partial charge in [0.2, 0.25) is 5.69 Å². The third-order valence-corrected chi connectivity index (χ3v) is 6.52. The van der Waals surface area contributed by atoms with E-state index in [1.54, 1.807) is 0 Å². The molecule has 0 amide bonds. The summed E-state index contributed by atoms with van der Waals surface area (Å²) >= 11 is 0. The molecule has 1 aromatic carbocycles. The Morgan fingerprint density at radius 2 is 1.48 bits per heavy atom. The zero-order valence-corrected chi connectivity index (χ0v) is 17.5. The maximum Gasteiger partial charge on any atom is 0.212 e. The number of rotatable bonds is 6. The Balaban J connectivity index is 2.82. The quantitative estimate of drug-likeness (QED) is 0.548. The molecule has 0 atom stereocenters. The predicted octanol–water partition coefficient (Wildman–Crippen LogP) is 6.25. The van der Waals surface area contributed by atoms with E-state index in [1.807, 2.05) is 0 Å². The van der Waals surface area contributed by atoms with Gasteiger partial charge in [-0.25, -0.2) is 4.57 Å². The summed E-state index contributed by atoms with van der Waals surface area (Å²) in [6.07, 6.45) is 5.87. The zero-order valence-electron chi connectivity index (χ0n) is 17.5. The SMILES string of the molecule is CCC(C)(C)c1c[n+](C)c(-c2ccccc2C)cc1C(C)(CC)CC. The van der Waals surface area contributed by atoms with Gasteiger partial charge in [0.25, 0.3) is 0 Å². The summed E-state index contributed by atoms with van der Waals surface area (Å²) in [6, 6.07) is 11.2. The van der Waals surface area contributed by atoms with Crippen molar-refractivity contribution in [3.8, 4) is 11.3 Å². The average molecular weight is 339 g/mol. The Hall–Kier alpha value is -1.63. The van der Waals surface area contributed by atoms with E-state index in [-0.39, 0.29) is 10.8 Å². The molecule has 1 heteroatoms. The molecule has 0 unspecified atom stereocenters. The van der Waals surface area contributed by atoms with Crippen LogP contribution in [0.2, 0.25) is 0 Å². The van der Waals surface area contributed by atoms with Crippen LogP contribution in [0.25, 0.3) is 11.3 Å². The molecule has 0 aliphatic heterocycles. The first-order valence-electron chi connectivity index (χ1n) is 9.80. The summed E-state index contributed by atoms with van der Waals surface area (Å²) in [5, 5.41) is 0. The average Bonchev–Trinajstić information content (AvgIpc) is 2.61. The monoisotopic (exact) mass is 338 g/mol. The summed E-state index contributed by atoms with van der Waals surface area (Å²) < 4.78 is 2.32. The van der Waals surface area contributed by atoms with Crippen molar-refractivity contribution in [3.05, 3.63) is 53.2 Å². The normalized spacial score (nSPS) is 12.5. The Labute approximate surface area is 155 Å². The molecule has 0 spiro atoms. The lowest BCUT2D eigenvalue weighted by Crippen LogP contribution is -2.37. The largest absolute Gasteiger partial charge is 0.212 e. The first kappa shape index (κ1) is 19.7. The van der Waals surface area contributed by atoms with Gasteiger partial charge in [0, 0.05) is 17.2 Å². The molecular weight excluding hydrogens is 302 g/mol. The highest BCUT2D eigenvalue weighted by atomic mass is 14.9. The van der Waals surface area contributed by atoms with E-state index < -0.39 is 0 Å². The molecule has 0 N–H and O–H groups in total. The summed E-state index contributed by atoms with van der Waals surface area (Å²) in [7, 11) is 2.19. The number of benzene rings is 1. The summed E-state index contributed by atoms with van der Waals surface area (Å²) in [5.74, 6) is 0.